The summed E-state index contributed by atoms with van der Waals surface area (Å²) in [5.41, 5.74) is 2.60. The van der Waals surface area contributed by atoms with E-state index in [1.54, 1.807) is 19.1 Å². The number of nitrogens with zero attached hydrogens (tertiary/aromatic N) is 1. The molecule has 0 saturated carbocycles. The van der Waals surface area contributed by atoms with Gasteiger partial charge in [0.2, 0.25) is 0 Å². The van der Waals surface area contributed by atoms with E-state index in [0.29, 0.717) is 10.6 Å². The molecule has 0 bridgehead atoms. The Hall–Kier alpha value is -2.87. The molecule has 0 radical (unpaired) electrons. The van der Waals surface area contributed by atoms with Gasteiger partial charge in [0, 0.05) is 22.7 Å². The topological polar surface area (TPSA) is 98.5 Å². The lowest BCUT2D eigenvalue weighted by atomic mass is 10.1. The van der Waals surface area contributed by atoms with Crippen molar-refractivity contribution in [3.8, 4) is 0 Å². The predicted octanol–water partition coefficient (Wildman–Crippen LogP) is 3.87. The summed E-state index contributed by atoms with van der Waals surface area (Å²) in [6, 6.07) is 11.6. The summed E-state index contributed by atoms with van der Waals surface area (Å²) in [5, 5.41) is 12.8. The molecule has 0 aromatic heterocycles. The summed E-state index contributed by atoms with van der Waals surface area (Å²) >= 11 is 1.20. The molecule has 2 aromatic carbocycles. The third-order valence-corrected chi connectivity index (χ3v) is 4.80. The number of hydrogen-bond donors (Lipinski definition) is 1. The van der Waals surface area contributed by atoms with Gasteiger partial charge in [-0.3, -0.25) is 19.7 Å². The lowest BCUT2D eigenvalue weighted by Crippen LogP contribution is -2.25. The van der Waals surface area contributed by atoms with Crippen LogP contribution in [0, 0.1) is 24.0 Å². The molecule has 0 unspecified atom stereocenters. The van der Waals surface area contributed by atoms with Crippen LogP contribution in [0.4, 0.5) is 11.4 Å². The first-order chi connectivity index (χ1) is 12.8. The van der Waals surface area contributed by atoms with E-state index in [9.17, 15) is 19.7 Å². The minimum Gasteiger partial charge on any atom is -0.455 e. The van der Waals surface area contributed by atoms with Crippen molar-refractivity contribution in [2.75, 3.05) is 11.9 Å². The smallest absolute Gasteiger partial charge is 0.319 e. The highest BCUT2D eigenvalue weighted by molar-refractivity contribution is 8.00. The number of aryl methyl sites for hydroxylation is 2. The fourth-order valence-corrected chi connectivity index (χ4v) is 3.08. The first-order valence-corrected chi connectivity index (χ1v) is 9.09. The van der Waals surface area contributed by atoms with Gasteiger partial charge in [-0.05, 0) is 50.1 Å². The molecule has 2 rings (SSSR count). The first-order valence-electron chi connectivity index (χ1n) is 8.21. The Morgan fingerprint density at radius 2 is 1.85 bits per heavy atom. The number of carbonyl (C=O) groups excluding carboxylic acids is 2. The molecule has 1 amide bonds. The normalized spacial score (nSPS) is 11.5. The highest BCUT2D eigenvalue weighted by Crippen LogP contribution is 2.26. The van der Waals surface area contributed by atoms with Crippen LogP contribution in [0.2, 0.25) is 0 Å². The van der Waals surface area contributed by atoms with Crippen molar-refractivity contribution in [2.24, 2.45) is 0 Å². The molecule has 7 nitrogen and oxygen atoms in total. The summed E-state index contributed by atoms with van der Waals surface area (Å²) < 4.78 is 5.06. The molecule has 2 aromatic rings. The van der Waals surface area contributed by atoms with E-state index in [4.69, 9.17) is 4.74 Å². The van der Waals surface area contributed by atoms with Crippen LogP contribution in [0.25, 0.3) is 0 Å². The third kappa shape index (κ3) is 6.10. The summed E-state index contributed by atoms with van der Waals surface area (Å²) in [6.45, 7) is 5.07. The number of benzene rings is 2. The van der Waals surface area contributed by atoms with Gasteiger partial charge in [0.05, 0.1) is 4.92 Å². The molecule has 142 valence electrons. The first kappa shape index (κ1) is 20.4. The maximum absolute atomic E-state index is 12.1. The molecule has 27 heavy (non-hydrogen) atoms. The number of rotatable bonds is 7. The maximum Gasteiger partial charge on any atom is 0.319 e. The highest BCUT2D eigenvalue weighted by Gasteiger charge is 2.18. The Morgan fingerprint density at radius 3 is 2.48 bits per heavy atom. The largest absolute Gasteiger partial charge is 0.455 e. The standard InChI is InChI=1S/C19H20N2O5S/c1-12-4-5-13(2)17(10-12)20-18(22)11-26-19(23)14(3)27-16-8-6-15(7-9-16)21(24)25/h4-10,14H,11H2,1-3H3,(H,20,22)/t14-/m0/s1. The minimum absolute atomic E-state index is 0.0160. The van der Waals surface area contributed by atoms with E-state index in [1.807, 2.05) is 32.0 Å². The number of ether oxygens (including phenoxy) is 1. The number of non-ortho nitro benzene ring substituents is 1. The van der Waals surface area contributed by atoms with Crippen molar-refractivity contribution in [3.63, 3.8) is 0 Å². The van der Waals surface area contributed by atoms with E-state index in [2.05, 4.69) is 5.32 Å². The zero-order valence-electron chi connectivity index (χ0n) is 15.2. The number of nitrogens with one attached hydrogen (secondary N) is 1. The van der Waals surface area contributed by atoms with E-state index in [-0.39, 0.29) is 12.3 Å². The SMILES string of the molecule is Cc1ccc(C)c(NC(=O)COC(=O)[C@H](C)Sc2ccc([N+](=O)[O-])cc2)c1. The second-order valence-electron chi connectivity index (χ2n) is 5.99. The Balaban J connectivity index is 1.84. The van der Waals surface area contributed by atoms with Crippen molar-refractivity contribution in [1.29, 1.82) is 0 Å². The van der Waals surface area contributed by atoms with Crippen LogP contribution in [0.3, 0.4) is 0 Å². The van der Waals surface area contributed by atoms with Gasteiger partial charge in [0.15, 0.2) is 6.61 Å². The highest BCUT2D eigenvalue weighted by atomic mass is 32.2. The number of thioether (sulfide) groups is 1. The fourth-order valence-electron chi connectivity index (χ4n) is 2.21. The van der Waals surface area contributed by atoms with Crippen LogP contribution in [-0.2, 0) is 14.3 Å². The second-order valence-corrected chi connectivity index (χ2v) is 7.40. The van der Waals surface area contributed by atoms with Gasteiger partial charge < -0.3 is 10.1 Å². The molecule has 0 aliphatic rings. The monoisotopic (exact) mass is 388 g/mol. The quantitative estimate of drug-likeness (QED) is 0.335. The number of nitro groups is 1. The number of anilines is 1. The Morgan fingerprint density at radius 1 is 1.19 bits per heavy atom. The third-order valence-electron chi connectivity index (χ3n) is 3.71. The van der Waals surface area contributed by atoms with Gasteiger partial charge >= 0.3 is 5.97 Å². The summed E-state index contributed by atoms with van der Waals surface area (Å²) in [6.07, 6.45) is 0. The van der Waals surface area contributed by atoms with Crippen LogP contribution in [0.5, 0.6) is 0 Å². The van der Waals surface area contributed by atoms with E-state index >= 15 is 0 Å². The molecule has 0 aliphatic heterocycles. The number of esters is 1. The van der Waals surface area contributed by atoms with Crippen molar-refractivity contribution >= 4 is 35.0 Å². The number of carbonyl (C=O) groups is 2. The van der Waals surface area contributed by atoms with E-state index < -0.39 is 22.0 Å². The molecule has 1 atom stereocenters. The van der Waals surface area contributed by atoms with Gasteiger partial charge in [-0.2, -0.15) is 0 Å². The maximum atomic E-state index is 12.1. The number of nitro benzene ring substituents is 1. The summed E-state index contributed by atoms with van der Waals surface area (Å²) in [7, 11) is 0. The summed E-state index contributed by atoms with van der Waals surface area (Å²) in [5.74, 6) is -0.945. The van der Waals surface area contributed by atoms with Gasteiger partial charge in [0.25, 0.3) is 11.6 Å². The van der Waals surface area contributed by atoms with Crippen LogP contribution < -0.4 is 5.32 Å². The molecule has 0 heterocycles. The Kier molecular flexibility index (Phi) is 6.95. The average molecular weight is 388 g/mol. The second kappa shape index (κ2) is 9.18. The zero-order chi connectivity index (χ0) is 20.0. The molecule has 8 heteroatoms. The number of hydrogen-bond acceptors (Lipinski definition) is 6. The lowest BCUT2D eigenvalue weighted by Gasteiger charge is -2.12. The Labute approximate surface area is 161 Å². The summed E-state index contributed by atoms with van der Waals surface area (Å²) in [4.78, 5) is 34.9. The van der Waals surface area contributed by atoms with E-state index in [0.717, 1.165) is 11.1 Å². The lowest BCUT2D eigenvalue weighted by molar-refractivity contribution is -0.384. The number of amides is 1. The van der Waals surface area contributed by atoms with Crippen molar-refractivity contribution < 1.29 is 19.2 Å². The van der Waals surface area contributed by atoms with Gasteiger partial charge in [-0.1, -0.05) is 12.1 Å². The van der Waals surface area contributed by atoms with Crippen molar-refractivity contribution in [1.82, 2.24) is 0 Å². The average Bonchev–Trinajstić information content (AvgIpc) is 2.63. The van der Waals surface area contributed by atoms with Crippen LogP contribution in [-0.4, -0.2) is 28.7 Å². The molecule has 0 aliphatic carbocycles. The molecular weight excluding hydrogens is 368 g/mol. The fraction of sp³-hybridized carbons (Fsp3) is 0.263. The predicted molar refractivity (Wildman–Crippen MR) is 104 cm³/mol. The van der Waals surface area contributed by atoms with Gasteiger partial charge in [0.1, 0.15) is 5.25 Å². The molecule has 0 spiro atoms. The molecule has 0 saturated heterocycles. The molecular formula is C19H20N2O5S. The van der Waals surface area contributed by atoms with Crippen LogP contribution in [0.15, 0.2) is 47.4 Å². The van der Waals surface area contributed by atoms with Crippen LogP contribution >= 0.6 is 11.8 Å². The Bertz CT molecular complexity index is 852. The molecule has 0 fully saturated rings. The van der Waals surface area contributed by atoms with E-state index in [1.165, 1.54) is 23.9 Å². The van der Waals surface area contributed by atoms with Gasteiger partial charge in [-0.25, -0.2) is 0 Å². The van der Waals surface area contributed by atoms with Crippen molar-refractivity contribution in [3.05, 3.63) is 63.7 Å². The van der Waals surface area contributed by atoms with Crippen molar-refractivity contribution in [2.45, 2.75) is 30.9 Å². The minimum atomic E-state index is -0.556. The van der Waals surface area contributed by atoms with Gasteiger partial charge in [-0.15, -0.1) is 11.8 Å². The molecule has 1 N–H and O–H groups in total. The zero-order valence-corrected chi connectivity index (χ0v) is 16.0. The van der Waals surface area contributed by atoms with Crippen LogP contribution in [0.1, 0.15) is 18.1 Å².